The topological polar surface area (TPSA) is 102 Å². The normalized spacial score (nSPS) is 10.5. The lowest BCUT2D eigenvalue weighted by Gasteiger charge is -2.13. The number of anilines is 1. The zero-order chi connectivity index (χ0) is 21.5. The molecular weight excluding hydrogens is 404 g/mol. The number of pyridine rings is 1. The Morgan fingerprint density at radius 1 is 1.17 bits per heavy atom. The summed E-state index contributed by atoms with van der Waals surface area (Å²) in [5.41, 5.74) is 1.12. The number of nitrogens with one attached hydrogen (secondary N) is 2. The van der Waals surface area contributed by atoms with Gasteiger partial charge in [0.1, 0.15) is 10.8 Å². The SMILES string of the molecule is COc1cc(C(=O)Nc2csc(-c3ccccn3)n2)ccc1OCC(=O)NC(C)C. The number of carbonyl (C=O) groups is 2. The highest BCUT2D eigenvalue weighted by atomic mass is 32.1. The maximum atomic E-state index is 12.6. The van der Waals surface area contributed by atoms with Gasteiger partial charge in [0.15, 0.2) is 18.1 Å². The molecule has 0 spiro atoms. The van der Waals surface area contributed by atoms with Crippen molar-refractivity contribution in [2.45, 2.75) is 19.9 Å². The summed E-state index contributed by atoms with van der Waals surface area (Å²) in [6.07, 6.45) is 1.69. The quantitative estimate of drug-likeness (QED) is 0.573. The first-order chi connectivity index (χ1) is 14.5. The number of hydrogen-bond donors (Lipinski definition) is 2. The zero-order valence-corrected chi connectivity index (χ0v) is 17.7. The van der Waals surface area contributed by atoms with E-state index >= 15 is 0 Å². The molecule has 0 saturated carbocycles. The second-order valence-electron chi connectivity index (χ2n) is 6.58. The molecule has 0 atom stereocenters. The van der Waals surface area contributed by atoms with Crippen LogP contribution in [0.2, 0.25) is 0 Å². The van der Waals surface area contributed by atoms with Gasteiger partial charge in [-0.25, -0.2) is 4.98 Å². The molecule has 2 amide bonds. The van der Waals surface area contributed by atoms with Crippen molar-refractivity contribution in [2.75, 3.05) is 19.0 Å². The second-order valence-corrected chi connectivity index (χ2v) is 7.44. The molecule has 0 aliphatic rings. The minimum Gasteiger partial charge on any atom is -0.493 e. The molecule has 2 N–H and O–H groups in total. The van der Waals surface area contributed by atoms with Crippen LogP contribution in [0.4, 0.5) is 5.82 Å². The van der Waals surface area contributed by atoms with Crippen LogP contribution in [0, 0.1) is 0 Å². The number of amides is 2. The van der Waals surface area contributed by atoms with Gasteiger partial charge in [0.2, 0.25) is 0 Å². The molecule has 2 heterocycles. The molecule has 0 fully saturated rings. The Hall–Kier alpha value is -3.46. The molecule has 0 aliphatic carbocycles. The largest absolute Gasteiger partial charge is 0.493 e. The Morgan fingerprint density at radius 3 is 2.70 bits per heavy atom. The number of nitrogens with zero attached hydrogens (tertiary/aromatic N) is 2. The third-order valence-corrected chi connectivity index (χ3v) is 4.73. The number of ether oxygens (including phenoxy) is 2. The third kappa shape index (κ3) is 5.54. The monoisotopic (exact) mass is 426 g/mol. The number of thiazole rings is 1. The van der Waals surface area contributed by atoms with E-state index < -0.39 is 0 Å². The first kappa shape index (κ1) is 21.3. The van der Waals surface area contributed by atoms with E-state index in [0.717, 1.165) is 5.69 Å². The number of methoxy groups -OCH3 is 1. The predicted molar refractivity (Wildman–Crippen MR) is 115 cm³/mol. The van der Waals surface area contributed by atoms with Crippen LogP contribution >= 0.6 is 11.3 Å². The van der Waals surface area contributed by atoms with Crippen molar-refractivity contribution >= 4 is 29.0 Å². The Labute approximate surface area is 178 Å². The fraction of sp³-hybridized carbons (Fsp3) is 0.238. The lowest BCUT2D eigenvalue weighted by atomic mass is 10.2. The highest BCUT2D eigenvalue weighted by Crippen LogP contribution is 2.29. The molecule has 3 aromatic rings. The average Bonchev–Trinajstić information content (AvgIpc) is 3.20. The standard InChI is InChI=1S/C21H22N4O4S/c1-13(2)23-19(26)11-29-16-8-7-14(10-17(16)28-3)20(27)24-18-12-30-21(25-18)15-6-4-5-9-22-15/h4-10,12-13H,11H2,1-3H3,(H,23,26)(H,24,27). The van der Waals surface area contributed by atoms with Gasteiger partial charge in [-0.1, -0.05) is 6.07 Å². The number of benzene rings is 1. The summed E-state index contributed by atoms with van der Waals surface area (Å²) in [6, 6.07) is 10.3. The maximum Gasteiger partial charge on any atom is 0.258 e. The summed E-state index contributed by atoms with van der Waals surface area (Å²) in [7, 11) is 1.47. The van der Waals surface area contributed by atoms with Crippen molar-refractivity contribution in [3.05, 3.63) is 53.5 Å². The number of rotatable bonds is 8. The van der Waals surface area contributed by atoms with Crippen molar-refractivity contribution in [3.63, 3.8) is 0 Å². The summed E-state index contributed by atoms with van der Waals surface area (Å²) < 4.78 is 10.8. The van der Waals surface area contributed by atoms with Crippen molar-refractivity contribution in [3.8, 4) is 22.2 Å². The molecule has 0 bridgehead atoms. The van der Waals surface area contributed by atoms with Crippen LogP contribution in [0.1, 0.15) is 24.2 Å². The number of carbonyl (C=O) groups excluding carboxylic acids is 2. The first-order valence-corrected chi connectivity index (χ1v) is 10.1. The van der Waals surface area contributed by atoms with E-state index in [1.165, 1.54) is 18.4 Å². The van der Waals surface area contributed by atoms with Gasteiger partial charge in [0.25, 0.3) is 11.8 Å². The minimum absolute atomic E-state index is 0.0259. The Kier molecular flexibility index (Phi) is 6.97. The fourth-order valence-corrected chi connectivity index (χ4v) is 3.29. The summed E-state index contributed by atoms with van der Waals surface area (Å²) in [6.45, 7) is 3.59. The fourth-order valence-electron chi connectivity index (χ4n) is 2.56. The van der Waals surface area contributed by atoms with E-state index in [-0.39, 0.29) is 24.5 Å². The Morgan fingerprint density at radius 2 is 2.00 bits per heavy atom. The van der Waals surface area contributed by atoms with Crippen molar-refractivity contribution in [1.82, 2.24) is 15.3 Å². The van der Waals surface area contributed by atoms with Crippen LogP contribution < -0.4 is 20.1 Å². The molecule has 0 unspecified atom stereocenters. The van der Waals surface area contributed by atoms with Gasteiger partial charge in [0, 0.05) is 23.2 Å². The van der Waals surface area contributed by atoms with Gasteiger partial charge >= 0.3 is 0 Å². The van der Waals surface area contributed by atoms with E-state index in [4.69, 9.17) is 9.47 Å². The Balaban J connectivity index is 1.66. The van der Waals surface area contributed by atoms with Crippen molar-refractivity contribution < 1.29 is 19.1 Å². The lowest BCUT2D eigenvalue weighted by Crippen LogP contribution is -2.34. The van der Waals surface area contributed by atoms with E-state index in [2.05, 4.69) is 20.6 Å². The third-order valence-electron chi connectivity index (χ3n) is 3.86. The van der Waals surface area contributed by atoms with E-state index in [9.17, 15) is 9.59 Å². The van der Waals surface area contributed by atoms with Crippen LogP contribution in [0.5, 0.6) is 11.5 Å². The first-order valence-electron chi connectivity index (χ1n) is 9.24. The molecule has 1 aromatic carbocycles. The van der Waals surface area contributed by atoms with Crippen molar-refractivity contribution in [2.24, 2.45) is 0 Å². The van der Waals surface area contributed by atoms with Gasteiger partial charge in [-0.15, -0.1) is 11.3 Å². The molecule has 30 heavy (non-hydrogen) atoms. The summed E-state index contributed by atoms with van der Waals surface area (Å²) in [5, 5.41) is 7.97. The zero-order valence-electron chi connectivity index (χ0n) is 16.8. The van der Waals surface area contributed by atoms with Crippen LogP contribution in [-0.4, -0.2) is 41.5 Å². The predicted octanol–water partition coefficient (Wildman–Crippen LogP) is 3.37. The van der Waals surface area contributed by atoms with Gasteiger partial charge in [-0.2, -0.15) is 0 Å². The average molecular weight is 426 g/mol. The molecule has 2 aromatic heterocycles. The molecule has 9 heteroatoms. The lowest BCUT2D eigenvalue weighted by molar-refractivity contribution is -0.123. The van der Waals surface area contributed by atoms with Crippen LogP contribution in [-0.2, 0) is 4.79 Å². The van der Waals surface area contributed by atoms with Gasteiger partial charge in [0.05, 0.1) is 12.8 Å². The Bertz CT molecular complexity index is 1020. The molecule has 8 nitrogen and oxygen atoms in total. The summed E-state index contributed by atoms with van der Waals surface area (Å²) in [5.74, 6) is 0.596. The molecule has 0 radical (unpaired) electrons. The molecule has 0 saturated heterocycles. The maximum absolute atomic E-state index is 12.6. The summed E-state index contributed by atoms with van der Waals surface area (Å²) in [4.78, 5) is 33.0. The smallest absolute Gasteiger partial charge is 0.258 e. The van der Waals surface area contributed by atoms with Gasteiger partial charge in [-0.3, -0.25) is 14.6 Å². The second kappa shape index (κ2) is 9.84. The van der Waals surface area contributed by atoms with Gasteiger partial charge in [-0.05, 0) is 44.2 Å². The molecule has 3 rings (SSSR count). The number of aromatic nitrogens is 2. The van der Waals surface area contributed by atoms with Crippen molar-refractivity contribution in [1.29, 1.82) is 0 Å². The minimum atomic E-state index is -0.338. The molecule has 0 aliphatic heterocycles. The van der Waals surface area contributed by atoms with Gasteiger partial charge < -0.3 is 20.1 Å². The number of hydrogen-bond acceptors (Lipinski definition) is 7. The highest BCUT2D eigenvalue weighted by Gasteiger charge is 2.14. The van der Waals surface area contributed by atoms with Crippen LogP contribution in [0.15, 0.2) is 48.0 Å². The summed E-state index contributed by atoms with van der Waals surface area (Å²) >= 11 is 1.39. The molecule has 156 valence electrons. The van der Waals surface area contributed by atoms with Crippen LogP contribution in [0.3, 0.4) is 0 Å². The van der Waals surface area contributed by atoms with Crippen LogP contribution in [0.25, 0.3) is 10.7 Å². The van der Waals surface area contributed by atoms with E-state index in [0.29, 0.717) is 27.9 Å². The highest BCUT2D eigenvalue weighted by molar-refractivity contribution is 7.13. The van der Waals surface area contributed by atoms with E-state index in [1.807, 2.05) is 32.0 Å². The van der Waals surface area contributed by atoms with E-state index in [1.54, 1.807) is 29.8 Å². The molecular formula is C21H22N4O4S.